The minimum Gasteiger partial charge on any atom is -0.462 e. The SMILES string of the molecule is CC(C)OC(=O)C(C)NP(=S)(NC(C)C(=O)OC(C)C)OCC(C(F)F)C(O)C(F)C(O)n1cc(Cl)c(=O)[nH]c1=O. The molecule has 19 heteroatoms. The van der Waals surface area contributed by atoms with Gasteiger partial charge in [-0.3, -0.25) is 23.9 Å². The Morgan fingerprint density at radius 2 is 1.49 bits per heavy atom. The van der Waals surface area contributed by atoms with Gasteiger partial charge in [-0.15, -0.1) is 0 Å². The number of aromatic nitrogens is 2. The van der Waals surface area contributed by atoms with Gasteiger partial charge in [-0.25, -0.2) is 28.1 Å². The van der Waals surface area contributed by atoms with E-state index in [1.165, 1.54) is 13.8 Å². The average Bonchev–Trinajstić information content (AvgIpc) is 2.84. The molecule has 41 heavy (non-hydrogen) atoms. The van der Waals surface area contributed by atoms with Crippen LogP contribution in [0.4, 0.5) is 13.2 Å². The molecule has 0 aliphatic carbocycles. The lowest BCUT2D eigenvalue weighted by Gasteiger charge is -2.33. The quantitative estimate of drug-likeness (QED) is 0.128. The van der Waals surface area contributed by atoms with E-state index in [1.807, 2.05) is 0 Å². The van der Waals surface area contributed by atoms with Crippen LogP contribution in [0.1, 0.15) is 47.8 Å². The first-order valence-electron chi connectivity index (χ1n) is 12.3. The molecule has 0 saturated carbocycles. The van der Waals surface area contributed by atoms with Crippen LogP contribution in [0.5, 0.6) is 0 Å². The summed E-state index contributed by atoms with van der Waals surface area (Å²) < 4.78 is 58.9. The number of aliphatic hydroxyl groups excluding tert-OH is 2. The van der Waals surface area contributed by atoms with Crippen LogP contribution in [0.25, 0.3) is 0 Å². The van der Waals surface area contributed by atoms with Crippen molar-refractivity contribution in [1.29, 1.82) is 0 Å². The number of rotatable bonds is 16. The molecule has 236 valence electrons. The molecule has 0 amide bonds. The Bertz CT molecular complexity index is 1170. The molecule has 1 aromatic rings. The Morgan fingerprint density at radius 1 is 1.02 bits per heavy atom. The van der Waals surface area contributed by atoms with Gasteiger partial charge >= 0.3 is 17.6 Å². The fourth-order valence-electron chi connectivity index (χ4n) is 3.13. The zero-order chi connectivity index (χ0) is 31.8. The van der Waals surface area contributed by atoms with Gasteiger partial charge in [-0.05, 0) is 53.3 Å². The molecule has 0 fully saturated rings. The van der Waals surface area contributed by atoms with Gasteiger partial charge in [0.05, 0.1) is 24.7 Å². The molecule has 6 atom stereocenters. The summed E-state index contributed by atoms with van der Waals surface area (Å²) in [5.41, 5.74) is -2.36. The van der Waals surface area contributed by atoms with Gasteiger partial charge in [0.1, 0.15) is 23.2 Å². The zero-order valence-electron chi connectivity index (χ0n) is 23.0. The van der Waals surface area contributed by atoms with E-state index in [-0.39, 0.29) is 4.57 Å². The summed E-state index contributed by atoms with van der Waals surface area (Å²) >= 11 is 11.0. The van der Waals surface area contributed by atoms with Crippen molar-refractivity contribution in [1.82, 2.24) is 19.7 Å². The highest BCUT2D eigenvalue weighted by Gasteiger charge is 2.41. The number of ether oxygens (including phenoxy) is 2. The summed E-state index contributed by atoms with van der Waals surface area (Å²) in [4.78, 5) is 49.7. The van der Waals surface area contributed by atoms with Crippen LogP contribution in [0, 0.1) is 5.92 Å². The van der Waals surface area contributed by atoms with Crippen LogP contribution in [0.2, 0.25) is 5.02 Å². The molecule has 0 radical (unpaired) electrons. The third-order valence-corrected chi connectivity index (χ3v) is 8.35. The highest BCUT2D eigenvalue weighted by Crippen LogP contribution is 2.41. The van der Waals surface area contributed by atoms with E-state index in [1.54, 1.807) is 32.7 Å². The van der Waals surface area contributed by atoms with E-state index in [2.05, 4.69) is 10.2 Å². The third-order valence-electron chi connectivity index (χ3n) is 5.17. The van der Waals surface area contributed by atoms with Crippen molar-refractivity contribution in [2.24, 2.45) is 5.92 Å². The van der Waals surface area contributed by atoms with Gasteiger partial charge in [0.25, 0.3) is 5.56 Å². The van der Waals surface area contributed by atoms with Crippen molar-refractivity contribution >= 4 is 41.9 Å². The predicted molar refractivity (Wildman–Crippen MR) is 146 cm³/mol. The molecule has 13 nitrogen and oxygen atoms in total. The maximum Gasteiger partial charge on any atom is 0.330 e. The van der Waals surface area contributed by atoms with Gasteiger partial charge in [0, 0.05) is 6.20 Å². The van der Waals surface area contributed by atoms with Crippen LogP contribution < -0.4 is 21.4 Å². The van der Waals surface area contributed by atoms with Gasteiger partial charge in [0.15, 0.2) is 19.0 Å². The van der Waals surface area contributed by atoms with Crippen LogP contribution in [0.3, 0.4) is 0 Å². The number of H-pyrrole nitrogens is 1. The zero-order valence-corrected chi connectivity index (χ0v) is 25.5. The van der Waals surface area contributed by atoms with Gasteiger partial charge in [-0.1, -0.05) is 11.6 Å². The van der Waals surface area contributed by atoms with Gasteiger partial charge < -0.3 is 24.2 Å². The number of nitrogens with zero attached hydrogens (tertiary/aromatic N) is 1. The van der Waals surface area contributed by atoms with Gasteiger partial charge in [0.2, 0.25) is 6.43 Å². The maximum atomic E-state index is 15.0. The Kier molecular flexibility index (Phi) is 14.6. The number of halogens is 4. The molecule has 1 rings (SSSR count). The predicted octanol–water partition coefficient (Wildman–Crippen LogP) is 1.36. The normalized spacial score (nSPS) is 17.9. The monoisotopic (exact) mass is 654 g/mol. The molecule has 0 bridgehead atoms. The number of hydrogen-bond acceptors (Lipinski definition) is 10. The summed E-state index contributed by atoms with van der Waals surface area (Å²) in [6, 6.07) is -2.32. The molecule has 0 saturated heterocycles. The number of alkyl halides is 3. The number of hydrogen-bond donors (Lipinski definition) is 5. The largest absolute Gasteiger partial charge is 0.462 e. The third kappa shape index (κ3) is 11.4. The Morgan fingerprint density at radius 3 is 1.90 bits per heavy atom. The smallest absolute Gasteiger partial charge is 0.330 e. The van der Waals surface area contributed by atoms with E-state index in [9.17, 15) is 38.2 Å². The van der Waals surface area contributed by atoms with Crippen LogP contribution in [-0.4, -0.2) is 81.3 Å². The van der Waals surface area contributed by atoms with E-state index >= 15 is 4.39 Å². The number of aliphatic hydroxyl groups is 2. The molecule has 5 N–H and O–H groups in total. The topological polar surface area (TPSA) is 181 Å². The molecule has 0 aromatic carbocycles. The maximum absolute atomic E-state index is 15.0. The first-order chi connectivity index (χ1) is 18.8. The standard InChI is InChI=1S/C22H35ClF3N4O9PS/c1-9(2)38-20(34)11(5)28-40(41,29-12(6)21(35)39-10(3)4)37-8-13(17(25)26)16(31)15(24)19(33)30-7-14(23)18(32)27-22(30)36/h7,9-13,15-17,19,31,33H,8H2,1-6H3,(H,27,32,36)(H2,28,29,41). The summed E-state index contributed by atoms with van der Waals surface area (Å²) in [5, 5.41) is 25.3. The molecule has 0 spiro atoms. The highest BCUT2D eigenvalue weighted by atomic mass is 35.5. The van der Waals surface area contributed by atoms with Crippen LogP contribution >= 0.6 is 18.2 Å². The Hall–Kier alpha value is -1.85. The van der Waals surface area contributed by atoms with E-state index in [0.717, 1.165) is 0 Å². The van der Waals surface area contributed by atoms with Crippen molar-refractivity contribution in [2.75, 3.05) is 6.61 Å². The summed E-state index contributed by atoms with van der Waals surface area (Å²) in [5.74, 6) is -3.89. The molecule has 1 aromatic heterocycles. The average molecular weight is 655 g/mol. The van der Waals surface area contributed by atoms with Crippen LogP contribution in [0.15, 0.2) is 15.8 Å². The van der Waals surface area contributed by atoms with Crippen molar-refractivity contribution in [3.63, 3.8) is 0 Å². The molecular weight excluding hydrogens is 620 g/mol. The van der Waals surface area contributed by atoms with Crippen molar-refractivity contribution < 1.29 is 47.0 Å². The van der Waals surface area contributed by atoms with E-state index in [0.29, 0.717) is 6.20 Å². The van der Waals surface area contributed by atoms with Crippen molar-refractivity contribution in [3.8, 4) is 0 Å². The Balaban J connectivity index is 3.23. The Labute approximate surface area is 243 Å². The lowest BCUT2D eigenvalue weighted by Crippen LogP contribution is -2.46. The number of carbonyl (C=O) groups is 2. The van der Waals surface area contributed by atoms with Gasteiger partial charge in [-0.2, -0.15) is 0 Å². The number of carbonyl (C=O) groups excluding carboxylic acids is 2. The highest BCUT2D eigenvalue weighted by molar-refractivity contribution is 8.10. The second-order valence-corrected chi connectivity index (χ2v) is 13.3. The summed E-state index contributed by atoms with van der Waals surface area (Å²) in [6.45, 7) is 4.10. The number of aromatic amines is 1. The summed E-state index contributed by atoms with van der Waals surface area (Å²) in [7, 11) is 0. The second-order valence-electron chi connectivity index (χ2n) is 9.51. The number of nitrogens with one attached hydrogen (secondary N) is 3. The second kappa shape index (κ2) is 16.1. The number of esters is 2. The fraction of sp³-hybridized carbons (Fsp3) is 0.727. The fourth-order valence-corrected chi connectivity index (χ4v) is 6.25. The molecule has 6 unspecified atom stereocenters. The lowest BCUT2D eigenvalue weighted by atomic mass is 9.99. The molecular formula is C22H35ClF3N4O9PS. The minimum atomic E-state index is -3.80. The first-order valence-corrected chi connectivity index (χ1v) is 15.4. The van der Waals surface area contributed by atoms with E-state index < -0.39 is 96.5 Å². The minimum absolute atomic E-state index is 0.207. The summed E-state index contributed by atoms with van der Waals surface area (Å²) in [6.07, 6.45) is -12.0. The van der Waals surface area contributed by atoms with Crippen molar-refractivity contribution in [2.45, 2.75) is 90.8 Å². The van der Waals surface area contributed by atoms with E-state index in [4.69, 9.17) is 37.4 Å². The molecule has 0 aliphatic rings. The van der Waals surface area contributed by atoms with Crippen LogP contribution in [-0.2, 0) is 35.4 Å². The molecule has 1 heterocycles. The lowest BCUT2D eigenvalue weighted by molar-refractivity contribution is -0.149. The molecule has 0 aliphatic heterocycles. The van der Waals surface area contributed by atoms with Crippen molar-refractivity contribution in [3.05, 3.63) is 32.1 Å². The first kappa shape index (κ1) is 37.2.